The van der Waals surface area contributed by atoms with Gasteiger partial charge in [0.2, 0.25) is 0 Å². The molecular weight excluding hydrogens is 312 g/mol. The molecule has 88 valence electrons. The lowest BCUT2D eigenvalue weighted by atomic mass is 10.1. The van der Waals surface area contributed by atoms with E-state index in [2.05, 4.69) is 27.8 Å². The van der Waals surface area contributed by atoms with Gasteiger partial charge >= 0.3 is 0 Å². The van der Waals surface area contributed by atoms with E-state index in [0.29, 0.717) is 10.6 Å². The fourth-order valence-electron chi connectivity index (χ4n) is 1.42. The van der Waals surface area contributed by atoms with Crippen LogP contribution in [0.25, 0.3) is 0 Å². The summed E-state index contributed by atoms with van der Waals surface area (Å²) < 4.78 is 0.856. The molecule has 0 aromatic heterocycles. The lowest BCUT2D eigenvalue weighted by molar-refractivity contribution is 0.112. The number of hydrogen-bond acceptors (Lipinski definition) is 1. The Morgan fingerprint density at radius 2 is 1.94 bits per heavy atom. The molecule has 0 saturated carbocycles. The Morgan fingerprint density at radius 3 is 2.67 bits per heavy atom. The van der Waals surface area contributed by atoms with E-state index >= 15 is 0 Å². The zero-order valence-corrected chi connectivity index (χ0v) is 11.6. The second-order valence-corrected chi connectivity index (χ2v) is 4.91. The number of aldehydes is 1. The van der Waals surface area contributed by atoms with Crippen molar-refractivity contribution >= 4 is 33.8 Å². The largest absolute Gasteiger partial charge is 0.298 e. The lowest BCUT2D eigenvalue weighted by Crippen LogP contribution is -1.82. The summed E-state index contributed by atoms with van der Waals surface area (Å²) >= 11 is 9.26. The van der Waals surface area contributed by atoms with Crippen molar-refractivity contribution in [3.8, 4) is 11.8 Å². The maximum absolute atomic E-state index is 10.7. The third-order valence-electron chi connectivity index (χ3n) is 2.30. The first-order chi connectivity index (χ1) is 8.69. The van der Waals surface area contributed by atoms with Crippen molar-refractivity contribution in [1.82, 2.24) is 0 Å². The normalized spacial score (nSPS) is 9.44. The van der Waals surface area contributed by atoms with Crippen molar-refractivity contribution in [3.05, 3.63) is 68.7 Å². The molecule has 2 aromatic carbocycles. The van der Waals surface area contributed by atoms with Gasteiger partial charge in [-0.3, -0.25) is 4.79 Å². The lowest BCUT2D eigenvalue weighted by Gasteiger charge is -1.96. The van der Waals surface area contributed by atoms with Gasteiger partial charge in [-0.1, -0.05) is 35.6 Å². The van der Waals surface area contributed by atoms with Crippen molar-refractivity contribution in [2.24, 2.45) is 0 Å². The van der Waals surface area contributed by atoms with Crippen LogP contribution in [0.5, 0.6) is 0 Å². The number of carbonyl (C=O) groups is 1. The van der Waals surface area contributed by atoms with Gasteiger partial charge in [0.1, 0.15) is 6.29 Å². The molecule has 0 aliphatic rings. The van der Waals surface area contributed by atoms with Crippen molar-refractivity contribution in [2.45, 2.75) is 0 Å². The minimum absolute atomic E-state index is 0.622. The molecule has 0 unspecified atom stereocenters. The van der Waals surface area contributed by atoms with Crippen LogP contribution in [0.1, 0.15) is 21.5 Å². The van der Waals surface area contributed by atoms with Gasteiger partial charge < -0.3 is 0 Å². The van der Waals surface area contributed by atoms with Gasteiger partial charge in [0.05, 0.1) is 0 Å². The van der Waals surface area contributed by atoms with Crippen LogP contribution in [0, 0.1) is 11.8 Å². The Bertz CT molecular complexity index is 653. The Hall–Kier alpha value is -1.56. The van der Waals surface area contributed by atoms with Gasteiger partial charge in [-0.25, -0.2) is 0 Å². The summed E-state index contributed by atoms with van der Waals surface area (Å²) in [6.07, 6.45) is 0.809. The first-order valence-electron chi connectivity index (χ1n) is 5.21. The van der Waals surface area contributed by atoms with Crippen LogP contribution in [0.3, 0.4) is 0 Å². The maximum atomic E-state index is 10.7. The number of carbonyl (C=O) groups excluding carboxylic acids is 1. The first kappa shape index (κ1) is 12.9. The summed E-state index contributed by atoms with van der Waals surface area (Å²) in [5.74, 6) is 6.05. The molecule has 0 radical (unpaired) electrons. The quantitative estimate of drug-likeness (QED) is 0.565. The number of halogens is 2. The van der Waals surface area contributed by atoms with Crippen molar-refractivity contribution in [2.75, 3.05) is 0 Å². The van der Waals surface area contributed by atoms with E-state index in [1.807, 2.05) is 18.2 Å². The zero-order valence-electron chi connectivity index (χ0n) is 9.28. The molecule has 0 atom stereocenters. The van der Waals surface area contributed by atoms with E-state index in [4.69, 9.17) is 11.6 Å². The van der Waals surface area contributed by atoms with Gasteiger partial charge in [0.25, 0.3) is 0 Å². The predicted molar refractivity (Wildman–Crippen MR) is 77.0 cm³/mol. The summed E-state index contributed by atoms with van der Waals surface area (Å²) in [5, 5.41) is 0.662. The average molecular weight is 320 g/mol. The topological polar surface area (TPSA) is 17.1 Å². The summed E-state index contributed by atoms with van der Waals surface area (Å²) in [6, 6.07) is 12.6. The fraction of sp³-hybridized carbons (Fsp3) is 0. The van der Waals surface area contributed by atoms with E-state index in [9.17, 15) is 4.79 Å². The average Bonchev–Trinajstić information content (AvgIpc) is 2.38. The molecule has 0 N–H and O–H groups in total. The molecule has 3 heteroatoms. The molecule has 2 rings (SSSR count). The fourth-order valence-corrected chi connectivity index (χ4v) is 2.20. The summed E-state index contributed by atoms with van der Waals surface area (Å²) in [5.41, 5.74) is 2.29. The highest BCUT2D eigenvalue weighted by molar-refractivity contribution is 9.10. The Morgan fingerprint density at radius 1 is 1.11 bits per heavy atom. The number of rotatable bonds is 1. The first-order valence-corrected chi connectivity index (χ1v) is 6.38. The standard InChI is InChI=1S/C15H8BrClO/c16-15-9-14(17)7-6-13(15)5-4-11-2-1-3-12(8-11)10-18/h1-3,6-10H. The second kappa shape index (κ2) is 5.86. The van der Waals surface area contributed by atoms with E-state index < -0.39 is 0 Å². The Kier molecular flexibility index (Phi) is 4.19. The van der Waals surface area contributed by atoms with Crippen molar-refractivity contribution < 1.29 is 4.79 Å². The molecule has 0 fully saturated rings. The highest BCUT2D eigenvalue weighted by Crippen LogP contribution is 2.20. The SMILES string of the molecule is O=Cc1cccc(C#Cc2ccc(Cl)cc2Br)c1. The third-order valence-corrected chi connectivity index (χ3v) is 3.19. The molecule has 1 nitrogen and oxygen atoms in total. The molecule has 0 aliphatic carbocycles. The molecule has 18 heavy (non-hydrogen) atoms. The van der Waals surface area contributed by atoms with Gasteiger partial charge in [0, 0.05) is 26.2 Å². The van der Waals surface area contributed by atoms with E-state index in [1.165, 1.54) is 0 Å². The van der Waals surface area contributed by atoms with Crippen LogP contribution < -0.4 is 0 Å². The monoisotopic (exact) mass is 318 g/mol. The molecule has 0 saturated heterocycles. The molecular formula is C15H8BrClO. The highest BCUT2D eigenvalue weighted by atomic mass is 79.9. The third kappa shape index (κ3) is 3.22. The minimum Gasteiger partial charge on any atom is -0.298 e. The summed E-state index contributed by atoms with van der Waals surface area (Å²) in [6.45, 7) is 0. The van der Waals surface area contributed by atoms with Crippen LogP contribution in [0.15, 0.2) is 46.9 Å². The summed E-state index contributed by atoms with van der Waals surface area (Å²) in [7, 11) is 0. The predicted octanol–water partition coefficient (Wildman–Crippen LogP) is 4.31. The van der Waals surface area contributed by atoms with Gasteiger partial charge in [-0.05, 0) is 46.3 Å². The molecule has 0 spiro atoms. The Balaban J connectivity index is 2.33. The van der Waals surface area contributed by atoms with E-state index in [-0.39, 0.29) is 0 Å². The molecule has 0 bridgehead atoms. The Labute approximate surface area is 119 Å². The van der Waals surface area contributed by atoms with Crippen LogP contribution in [0.4, 0.5) is 0 Å². The molecule has 0 aliphatic heterocycles. The molecule has 0 amide bonds. The highest BCUT2D eigenvalue weighted by Gasteiger charge is 1.97. The van der Waals surface area contributed by atoms with Gasteiger partial charge in [-0.15, -0.1) is 0 Å². The van der Waals surface area contributed by atoms with Gasteiger partial charge in [-0.2, -0.15) is 0 Å². The number of benzene rings is 2. The van der Waals surface area contributed by atoms with E-state index in [1.54, 1.807) is 24.3 Å². The minimum atomic E-state index is 0.622. The molecule has 2 aromatic rings. The zero-order chi connectivity index (χ0) is 13.0. The smallest absolute Gasteiger partial charge is 0.150 e. The molecule has 0 heterocycles. The van der Waals surface area contributed by atoms with Crippen molar-refractivity contribution in [1.29, 1.82) is 0 Å². The maximum Gasteiger partial charge on any atom is 0.150 e. The number of hydrogen-bond donors (Lipinski definition) is 0. The van der Waals surface area contributed by atoms with Crippen LogP contribution in [-0.2, 0) is 0 Å². The van der Waals surface area contributed by atoms with E-state index in [0.717, 1.165) is 21.9 Å². The van der Waals surface area contributed by atoms with Crippen LogP contribution >= 0.6 is 27.5 Å². The van der Waals surface area contributed by atoms with Crippen LogP contribution in [-0.4, -0.2) is 6.29 Å². The summed E-state index contributed by atoms with van der Waals surface area (Å²) in [4.78, 5) is 10.7. The van der Waals surface area contributed by atoms with Gasteiger partial charge in [0.15, 0.2) is 0 Å². The second-order valence-electron chi connectivity index (χ2n) is 3.62. The van der Waals surface area contributed by atoms with Crippen molar-refractivity contribution in [3.63, 3.8) is 0 Å². The van der Waals surface area contributed by atoms with Crippen LogP contribution in [0.2, 0.25) is 5.02 Å².